The summed E-state index contributed by atoms with van der Waals surface area (Å²) in [5.74, 6) is 0.792. The number of unbranched alkanes of at least 4 members (excludes halogenated alkanes) is 1. The lowest BCUT2D eigenvalue weighted by Gasteiger charge is -2.35. The van der Waals surface area contributed by atoms with Crippen LogP contribution in [0, 0.1) is 6.92 Å². The maximum atomic E-state index is 12.6. The number of nitrogens with zero attached hydrogens (tertiary/aromatic N) is 5. The van der Waals surface area contributed by atoms with Gasteiger partial charge in [0.05, 0.1) is 0 Å². The highest BCUT2D eigenvalue weighted by atomic mass is 16.2. The van der Waals surface area contributed by atoms with Crippen LogP contribution in [0.25, 0.3) is 11.2 Å². The molecule has 0 spiro atoms. The summed E-state index contributed by atoms with van der Waals surface area (Å²) in [6, 6.07) is 8.70. The Morgan fingerprint density at radius 2 is 1.77 bits per heavy atom. The average molecular weight is 411 g/mol. The normalized spacial score (nSPS) is 15.2. The van der Waals surface area contributed by atoms with Crippen molar-refractivity contribution in [2.75, 3.05) is 31.1 Å². The molecule has 3 aromatic rings. The van der Waals surface area contributed by atoms with E-state index in [2.05, 4.69) is 52.9 Å². The average Bonchev–Trinajstić information content (AvgIpc) is 3.13. The molecular weight excluding hydrogens is 380 g/mol. The predicted octanol–water partition coefficient (Wildman–Crippen LogP) is 1.85. The standard InChI is InChI=1S/C22H30N6O2/c1-4-5-10-28-18-19(25(3)22(30)24-20(18)29)23-21(28)27-13-11-26(12-14-27)15-17-8-6-16(2)7-9-17/h6-9H,4-5,10-15H2,1-3H3,(H,24,29,30). The second-order valence-corrected chi connectivity index (χ2v) is 8.16. The molecule has 1 saturated heterocycles. The molecule has 0 amide bonds. The maximum absolute atomic E-state index is 12.6. The molecule has 1 fully saturated rings. The third-order valence-electron chi connectivity index (χ3n) is 5.90. The Balaban J connectivity index is 1.58. The SMILES string of the molecule is CCCCn1c(N2CCN(Cc3ccc(C)cc3)CC2)nc2c1c(=O)[nH]c(=O)n2C. The van der Waals surface area contributed by atoms with Gasteiger partial charge in [0.2, 0.25) is 5.95 Å². The van der Waals surface area contributed by atoms with Crippen molar-refractivity contribution >= 4 is 17.1 Å². The lowest BCUT2D eigenvalue weighted by atomic mass is 10.1. The minimum atomic E-state index is -0.429. The molecule has 2 aromatic heterocycles. The van der Waals surface area contributed by atoms with Gasteiger partial charge in [-0.3, -0.25) is 19.2 Å². The van der Waals surface area contributed by atoms with Gasteiger partial charge in [-0.2, -0.15) is 4.98 Å². The van der Waals surface area contributed by atoms with Gasteiger partial charge in [0.25, 0.3) is 5.56 Å². The van der Waals surface area contributed by atoms with E-state index in [9.17, 15) is 9.59 Å². The van der Waals surface area contributed by atoms with E-state index in [0.29, 0.717) is 17.7 Å². The molecule has 8 nitrogen and oxygen atoms in total. The summed E-state index contributed by atoms with van der Waals surface area (Å²) in [7, 11) is 1.65. The van der Waals surface area contributed by atoms with Gasteiger partial charge in [-0.05, 0) is 18.9 Å². The predicted molar refractivity (Wildman–Crippen MR) is 119 cm³/mol. The van der Waals surface area contributed by atoms with Gasteiger partial charge >= 0.3 is 5.69 Å². The number of hydrogen-bond donors (Lipinski definition) is 1. The van der Waals surface area contributed by atoms with Crippen molar-refractivity contribution in [3.8, 4) is 0 Å². The molecule has 0 bridgehead atoms. The highest BCUT2D eigenvalue weighted by molar-refractivity contribution is 5.74. The monoisotopic (exact) mass is 410 g/mol. The molecule has 0 radical (unpaired) electrons. The second kappa shape index (κ2) is 8.47. The van der Waals surface area contributed by atoms with E-state index in [0.717, 1.165) is 51.5 Å². The molecule has 1 N–H and O–H groups in total. The van der Waals surface area contributed by atoms with Crippen molar-refractivity contribution in [1.82, 2.24) is 24.0 Å². The lowest BCUT2D eigenvalue weighted by Crippen LogP contribution is -2.46. The highest BCUT2D eigenvalue weighted by Gasteiger charge is 2.24. The van der Waals surface area contributed by atoms with E-state index in [1.807, 2.05) is 4.57 Å². The van der Waals surface area contributed by atoms with E-state index < -0.39 is 5.69 Å². The molecule has 3 heterocycles. The number of nitrogens with one attached hydrogen (secondary N) is 1. The van der Waals surface area contributed by atoms with Crippen LogP contribution in [0.2, 0.25) is 0 Å². The van der Waals surface area contributed by atoms with Crippen LogP contribution in [0.4, 0.5) is 5.95 Å². The first-order chi connectivity index (χ1) is 14.5. The topological polar surface area (TPSA) is 79.2 Å². The number of H-pyrrole nitrogens is 1. The minimum absolute atomic E-state index is 0.360. The fourth-order valence-electron chi connectivity index (χ4n) is 4.05. The molecule has 1 aliphatic rings. The molecule has 1 aromatic carbocycles. The first-order valence-corrected chi connectivity index (χ1v) is 10.7. The van der Waals surface area contributed by atoms with Gasteiger partial charge in [-0.25, -0.2) is 4.79 Å². The van der Waals surface area contributed by atoms with Gasteiger partial charge in [0.15, 0.2) is 11.2 Å². The molecule has 0 atom stereocenters. The van der Waals surface area contributed by atoms with E-state index in [4.69, 9.17) is 4.98 Å². The minimum Gasteiger partial charge on any atom is -0.340 e. The van der Waals surface area contributed by atoms with Gasteiger partial charge in [-0.1, -0.05) is 43.2 Å². The number of hydrogen-bond acceptors (Lipinski definition) is 5. The van der Waals surface area contributed by atoms with Crippen LogP contribution in [-0.2, 0) is 20.1 Å². The number of fused-ring (bicyclic) bond motifs is 1. The number of imidazole rings is 1. The third kappa shape index (κ3) is 3.92. The zero-order valence-corrected chi connectivity index (χ0v) is 18.0. The van der Waals surface area contributed by atoms with Crippen molar-refractivity contribution in [1.29, 1.82) is 0 Å². The van der Waals surface area contributed by atoms with Crippen LogP contribution in [-0.4, -0.2) is 50.2 Å². The number of piperazine rings is 1. The van der Waals surface area contributed by atoms with Crippen LogP contribution in [0.1, 0.15) is 30.9 Å². The van der Waals surface area contributed by atoms with Crippen LogP contribution in [0.3, 0.4) is 0 Å². The molecule has 4 rings (SSSR count). The van der Waals surface area contributed by atoms with E-state index in [-0.39, 0.29) is 5.56 Å². The number of anilines is 1. The molecule has 8 heteroatoms. The summed E-state index contributed by atoms with van der Waals surface area (Å²) in [4.78, 5) is 36.4. The van der Waals surface area contributed by atoms with Crippen molar-refractivity contribution in [3.05, 3.63) is 56.2 Å². The fourth-order valence-corrected chi connectivity index (χ4v) is 4.05. The summed E-state index contributed by atoms with van der Waals surface area (Å²) in [6.07, 6.45) is 1.97. The Morgan fingerprint density at radius 1 is 1.07 bits per heavy atom. The molecule has 0 unspecified atom stereocenters. The molecular formula is C22H30N6O2. The number of aromatic nitrogens is 4. The van der Waals surface area contributed by atoms with Crippen molar-refractivity contribution in [3.63, 3.8) is 0 Å². The molecule has 0 saturated carbocycles. The van der Waals surface area contributed by atoms with Gasteiger partial charge in [-0.15, -0.1) is 0 Å². The highest BCUT2D eigenvalue weighted by Crippen LogP contribution is 2.22. The Bertz CT molecular complexity index is 1130. The second-order valence-electron chi connectivity index (χ2n) is 8.16. The largest absolute Gasteiger partial charge is 0.340 e. The Hall–Kier alpha value is -2.87. The van der Waals surface area contributed by atoms with Crippen LogP contribution < -0.4 is 16.1 Å². The number of benzene rings is 1. The zero-order chi connectivity index (χ0) is 21.3. The summed E-state index contributed by atoms with van der Waals surface area (Å²) in [5, 5.41) is 0. The van der Waals surface area contributed by atoms with Crippen LogP contribution in [0.5, 0.6) is 0 Å². The van der Waals surface area contributed by atoms with Crippen molar-refractivity contribution in [2.24, 2.45) is 7.05 Å². The summed E-state index contributed by atoms with van der Waals surface area (Å²) >= 11 is 0. The molecule has 1 aliphatic heterocycles. The maximum Gasteiger partial charge on any atom is 0.329 e. The van der Waals surface area contributed by atoms with Crippen molar-refractivity contribution < 1.29 is 0 Å². The first-order valence-electron chi connectivity index (χ1n) is 10.7. The van der Waals surface area contributed by atoms with E-state index in [1.165, 1.54) is 15.7 Å². The Morgan fingerprint density at radius 3 is 2.43 bits per heavy atom. The number of aryl methyl sites for hydroxylation is 3. The number of aromatic amines is 1. The quantitative estimate of drug-likeness (QED) is 0.671. The van der Waals surface area contributed by atoms with Gasteiger partial charge < -0.3 is 9.47 Å². The van der Waals surface area contributed by atoms with Crippen LogP contribution >= 0.6 is 0 Å². The van der Waals surface area contributed by atoms with Gasteiger partial charge in [0, 0.05) is 46.3 Å². The van der Waals surface area contributed by atoms with Crippen LogP contribution in [0.15, 0.2) is 33.9 Å². The number of rotatable bonds is 6. The summed E-state index contributed by atoms with van der Waals surface area (Å²) < 4.78 is 3.42. The summed E-state index contributed by atoms with van der Waals surface area (Å²) in [5.41, 5.74) is 2.76. The first kappa shape index (κ1) is 20.4. The third-order valence-corrected chi connectivity index (χ3v) is 5.90. The van der Waals surface area contributed by atoms with Gasteiger partial charge in [0.1, 0.15) is 0 Å². The zero-order valence-electron chi connectivity index (χ0n) is 18.0. The fraction of sp³-hybridized carbons (Fsp3) is 0.500. The van der Waals surface area contributed by atoms with E-state index >= 15 is 0 Å². The molecule has 30 heavy (non-hydrogen) atoms. The van der Waals surface area contributed by atoms with E-state index in [1.54, 1.807) is 7.05 Å². The lowest BCUT2D eigenvalue weighted by molar-refractivity contribution is 0.248. The Labute approximate surface area is 175 Å². The summed E-state index contributed by atoms with van der Waals surface area (Å²) in [6.45, 7) is 9.43. The Kier molecular flexibility index (Phi) is 5.76. The molecule has 160 valence electrons. The smallest absolute Gasteiger partial charge is 0.329 e. The molecule has 0 aliphatic carbocycles. The van der Waals surface area contributed by atoms with Crippen molar-refractivity contribution in [2.45, 2.75) is 39.8 Å².